The molecule has 0 aromatic carbocycles. The summed E-state index contributed by atoms with van der Waals surface area (Å²) in [4.78, 5) is 26.0. The van der Waals surface area contributed by atoms with Crippen molar-refractivity contribution < 1.29 is 9.59 Å². The van der Waals surface area contributed by atoms with Gasteiger partial charge in [0.25, 0.3) is 0 Å². The third-order valence-electron chi connectivity index (χ3n) is 5.09. The van der Waals surface area contributed by atoms with Crippen LogP contribution in [0.5, 0.6) is 0 Å². The number of carbonyl (C=O) groups excluding carboxylic acids is 2. The van der Waals surface area contributed by atoms with Crippen molar-refractivity contribution in [2.45, 2.75) is 75.9 Å². The van der Waals surface area contributed by atoms with E-state index in [4.69, 9.17) is 0 Å². The summed E-state index contributed by atoms with van der Waals surface area (Å²) in [5.74, 6) is 0.172. The van der Waals surface area contributed by atoms with Crippen molar-refractivity contribution in [3.05, 3.63) is 0 Å². The first kappa shape index (κ1) is 14.8. The second kappa shape index (κ2) is 6.77. The molecule has 5 heteroatoms. The van der Waals surface area contributed by atoms with Gasteiger partial charge in [0.05, 0.1) is 6.54 Å². The molecule has 3 saturated heterocycles. The summed E-state index contributed by atoms with van der Waals surface area (Å²) in [5, 5.41) is 6.73. The van der Waals surface area contributed by atoms with E-state index in [0.29, 0.717) is 24.5 Å². The first-order valence-electron chi connectivity index (χ1n) is 8.54. The van der Waals surface area contributed by atoms with Gasteiger partial charge in [0.15, 0.2) is 0 Å². The van der Waals surface area contributed by atoms with Gasteiger partial charge in [0.2, 0.25) is 11.8 Å². The van der Waals surface area contributed by atoms with Gasteiger partial charge in [0, 0.05) is 31.1 Å². The maximum atomic E-state index is 12.2. The van der Waals surface area contributed by atoms with Gasteiger partial charge in [-0.25, -0.2) is 0 Å². The van der Waals surface area contributed by atoms with Crippen LogP contribution >= 0.6 is 0 Å². The van der Waals surface area contributed by atoms with Crippen molar-refractivity contribution in [3.8, 4) is 0 Å². The van der Waals surface area contributed by atoms with Crippen LogP contribution in [0.15, 0.2) is 0 Å². The van der Waals surface area contributed by atoms with Crippen molar-refractivity contribution in [2.24, 2.45) is 0 Å². The summed E-state index contributed by atoms with van der Waals surface area (Å²) in [6.07, 6.45) is 9.46. The maximum Gasteiger partial charge on any atom is 0.239 e. The van der Waals surface area contributed by atoms with Crippen molar-refractivity contribution in [3.63, 3.8) is 0 Å². The van der Waals surface area contributed by atoms with Crippen LogP contribution in [-0.2, 0) is 9.59 Å². The van der Waals surface area contributed by atoms with Gasteiger partial charge in [-0.3, -0.25) is 9.59 Å². The predicted octanol–water partition coefficient (Wildman–Crippen LogP) is 1.18. The topological polar surface area (TPSA) is 61.4 Å². The van der Waals surface area contributed by atoms with Gasteiger partial charge in [-0.05, 0) is 38.5 Å². The Labute approximate surface area is 126 Å². The second-order valence-corrected chi connectivity index (χ2v) is 6.85. The van der Waals surface area contributed by atoms with E-state index in [-0.39, 0.29) is 18.4 Å². The van der Waals surface area contributed by atoms with Crippen LogP contribution < -0.4 is 10.6 Å². The lowest BCUT2D eigenvalue weighted by molar-refractivity contribution is -0.136. The molecule has 2 bridgehead atoms. The largest absolute Gasteiger partial charge is 0.352 e. The van der Waals surface area contributed by atoms with Crippen LogP contribution in [0, 0.1) is 0 Å². The van der Waals surface area contributed by atoms with Gasteiger partial charge >= 0.3 is 0 Å². The fraction of sp³-hybridized carbons (Fsp3) is 0.875. The molecule has 0 aromatic rings. The Kier molecular flexibility index (Phi) is 4.78. The van der Waals surface area contributed by atoms with E-state index in [1.165, 1.54) is 19.3 Å². The molecular formula is C16H27N3O2. The number of carbonyl (C=O) groups is 2. The highest BCUT2D eigenvalue weighted by molar-refractivity contribution is 5.85. The Morgan fingerprint density at radius 2 is 1.86 bits per heavy atom. The number of likely N-dealkylation sites (tertiary alicyclic amines) is 1. The third-order valence-corrected chi connectivity index (χ3v) is 5.09. The van der Waals surface area contributed by atoms with Gasteiger partial charge in [-0.2, -0.15) is 0 Å². The number of nitrogens with zero attached hydrogens (tertiary/aromatic N) is 1. The van der Waals surface area contributed by atoms with E-state index in [1.807, 2.05) is 0 Å². The standard InChI is InChI=1S/C16H27N3O2/c20-15(11-19-8-4-2-1-3-5-16(19)21)18-14-9-12-6-7-13(10-14)17-12/h12-14,17H,1-11H2,(H,18,20). The van der Waals surface area contributed by atoms with Crippen LogP contribution in [0.25, 0.3) is 0 Å². The highest BCUT2D eigenvalue weighted by atomic mass is 16.2. The number of fused-ring (bicyclic) bond motifs is 2. The minimum absolute atomic E-state index is 0.0234. The Hall–Kier alpha value is -1.10. The summed E-state index contributed by atoms with van der Waals surface area (Å²) in [5.41, 5.74) is 0. The molecule has 5 nitrogen and oxygen atoms in total. The van der Waals surface area contributed by atoms with Gasteiger partial charge < -0.3 is 15.5 Å². The smallest absolute Gasteiger partial charge is 0.239 e. The first-order chi connectivity index (χ1) is 10.2. The Morgan fingerprint density at radius 1 is 1.14 bits per heavy atom. The molecule has 3 heterocycles. The van der Waals surface area contributed by atoms with E-state index in [2.05, 4.69) is 10.6 Å². The molecule has 2 atom stereocenters. The Bertz CT molecular complexity index is 387. The number of nitrogens with one attached hydrogen (secondary N) is 2. The van der Waals surface area contributed by atoms with Gasteiger partial charge in [-0.1, -0.05) is 12.8 Å². The predicted molar refractivity (Wildman–Crippen MR) is 80.8 cm³/mol. The molecule has 0 aromatic heterocycles. The van der Waals surface area contributed by atoms with Gasteiger partial charge in [0.1, 0.15) is 0 Å². The monoisotopic (exact) mass is 293 g/mol. The highest BCUT2D eigenvalue weighted by Crippen LogP contribution is 2.26. The molecular weight excluding hydrogens is 266 g/mol. The molecule has 0 saturated carbocycles. The molecule has 0 radical (unpaired) electrons. The quantitative estimate of drug-likeness (QED) is 0.821. The van der Waals surface area contributed by atoms with E-state index >= 15 is 0 Å². The van der Waals surface area contributed by atoms with E-state index < -0.39 is 0 Å². The Balaban J connectivity index is 1.47. The minimum atomic E-state index is 0.0234. The van der Waals surface area contributed by atoms with E-state index in [1.54, 1.807) is 4.90 Å². The molecule has 0 spiro atoms. The van der Waals surface area contributed by atoms with E-state index in [9.17, 15) is 9.59 Å². The maximum absolute atomic E-state index is 12.2. The number of piperidine rings is 1. The fourth-order valence-corrected chi connectivity index (χ4v) is 4.00. The fourth-order valence-electron chi connectivity index (χ4n) is 4.00. The van der Waals surface area contributed by atoms with E-state index in [0.717, 1.165) is 38.6 Å². The SMILES string of the molecule is O=C(CN1CCCCCCC1=O)NC1CC2CCC(C1)N2. The minimum Gasteiger partial charge on any atom is -0.352 e. The molecule has 2 N–H and O–H groups in total. The lowest BCUT2D eigenvalue weighted by atomic mass is 10.00. The number of hydrogen-bond donors (Lipinski definition) is 2. The number of hydrogen-bond acceptors (Lipinski definition) is 3. The van der Waals surface area contributed by atoms with Crippen LogP contribution in [0.4, 0.5) is 0 Å². The first-order valence-corrected chi connectivity index (χ1v) is 8.54. The lowest BCUT2D eigenvalue weighted by Crippen LogP contribution is -2.50. The normalized spacial score (nSPS) is 33.4. The summed E-state index contributed by atoms with van der Waals surface area (Å²) >= 11 is 0. The average molecular weight is 293 g/mol. The van der Waals surface area contributed by atoms with Crippen molar-refractivity contribution in [2.75, 3.05) is 13.1 Å². The molecule has 3 aliphatic rings. The van der Waals surface area contributed by atoms with Crippen molar-refractivity contribution >= 4 is 11.8 Å². The average Bonchev–Trinajstić information content (AvgIpc) is 2.78. The number of rotatable bonds is 3. The number of amides is 2. The van der Waals surface area contributed by atoms with Crippen molar-refractivity contribution in [1.82, 2.24) is 15.5 Å². The summed E-state index contributed by atoms with van der Waals surface area (Å²) in [6.45, 7) is 0.988. The molecule has 3 fully saturated rings. The lowest BCUT2D eigenvalue weighted by Gasteiger charge is -2.31. The zero-order valence-electron chi connectivity index (χ0n) is 12.8. The molecule has 3 rings (SSSR count). The van der Waals surface area contributed by atoms with Crippen LogP contribution in [-0.4, -0.2) is 47.9 Å². The summed E-state index contributed by atoms with van der Waals surface area (Å²) in [6, 6.07) is 1.45. The highest BCUT2D eigenvalue weighted by Gasteiger charge is 2.34. The molecule has 2 amide bonds. The van der Waals surface area contributed by atoms with Crippen LogP contribution in [0.3, 0.4) is 0 Å². The summed E-state index contributed by atoms with van der Waals surface area (Å²) in [7, 11) is 0. The zero-order valence-corrected chi connectivity index (χ0v) is 12.8. The Morgan fingerprint density at radius 3 is 2.62 bits per heavy atom. The molecule has 2 unspecified atom stereocenters. The molecule has 21 heavy (non-hydrogen) atoms. The summed E-state index contributed by atoms with van der Waals surface area (Å²) < 4.78 is 0. The van der Waals surface area contributed by atoms with Crippen LogP contribution in [0.1, 0.15) is 57.8 Å². The van der Waals surface area contributed by atoms with Gasteiger partial charge in [-0.15, -0.1) is 0 Å². The molecule has 0 aliphatic carbocycles. The molecule has 118 valence electrons. The van der Waals surface area contributed by atoms with Crippen LogP contribution in [0.2, 0.25) is 0 Å². The zero-order chi connectivity index (χ0) is 14.7. The third kappa shape index (κ3) is 3.96. The molecule has 3 aliphatic heterocycles. The van der Waals surface area contributed by atoms with Crippen molar-refractivity contribution in [1.29, 1.82) is 0 Å². The second-order valence-electron chi connectivity index (χ2n) is 6.85.